The molecule has 3 aromatic rings. The van der Waals surface area contributed by atoms with Crippen molar-refractivity contribution in [2.75, 3.05) is 19.0 Å². The second-order valence-electron chi connectivity index (χ2n) is 6.02. The summed E-state index contributed by atoms with van der Waals surface area (Å²) in [6.45, 7) is 2.90. The number of rotatable bonds is 6. The Kier molecular flexibility index (Phi) is 6.12. The van der Waals surface area contributed by atoms with E-state index in [1.165, 1.54) is 0 Å². The van der Waals surface area contributed by atoms with E-state index in [-0.39, 0.29) is 0 Å². The van der Waals surface area contributed by atoms with Gasteiger partial charge in [-0.05, 0) is 48.9 Å². The van der Waals surface area contributed by atoms with Crippen LogP contribution in [0.3, 0.4) is 0 Å². The minimum atomic E-state index is 0.643. The molecule has 136 valence electrons. The molecule has 0 unspecified atom stereocenters. The van der Waals surface area contributed by atoms with Crippen LogP contribution in [-0.2, 0) is 12.3 Å². The predicted octanol–water partition coefficient (Wildman–Crippen LogP) is 5.63. The van der Waals surface area contributed by atoms with Crippen molar-refractivity contribution in [2.24, 2.45) is 0 Å². The summed E-state index contributed by atoms with van der Waals surface area (Å²) in [6.07, 6.45) is 0. The molecule has 3 rings (SSSR count). The standard InChI is InChI=1S/C19H20Cl2N4S/c1-4-25-18(13-6-9-16(10-7-13)24(2)3)22-23-19(25)26-12-14-5-8-15(20)11-17(14)21/h5-11H,4,12H2,1-3H3. The number of halogens is 2. The first kappa shape index (κ1) is 19.1. The van der Waals surface area contributed by atoms with Gasteiger partial charge in [-0.1, -0.05) is 41.0 Å². The molecule has 4 nitrogen and oxygen atoms in total. The van der Waals surface area contributed by atoms with Crippen molar-refractivity contribution in [3.05, 3.63) is 58.1 Å². The van der Waals surface area contributed by atoms with Crippen LogP contribution in [0, 0.1) is 0 Å². The van der Waals surface area contributed by atoms with Crippen molar-refractivity contribution in [2.45, 2.75) is 24.4 Å². The van der Waals surface area contributed by atoms with Gasteiger partial charge in [-0.3, -0.25) is 0 Å². The minimum Gasteiger partial charge on any atom is -0.378 e. The van der Waals surface area contributed by atoms with Gasteiger partial charge in [-0.25, -0.2) is 0 Å². The monoisotopic (exact) mass is 406 g/mol. The maximum absolute atomic E-state index is 6.27. The Morgan fingerprint density at radius 1 is 1.04 bits per heavy atom. The third kappa shape index (κ3) is 4.17. The first-order valence-corrected chi connectivity index (χ1v) is 10.0. The number of hydrogen-bond acceptors (Lipinski definition) is 4. The molecular formula is C19H20Cl2N4S. The molecular weight excluding hydrogens is 387 g/mol. The quantitative estimate of drug-likeness (QED) is 0.496. The summed E-state index contributed by atoms with van der Waals surface area (Å²) in [5.74, 6) is 1.59. The first-order valence-electron chi connectivity index (χ1n) is 8.27. The number of hydrogen-bond donors (Lipinski definition) is 0. The zero-order chi connectivity index (χ0) is 18.7. The Labute approximate surface area is 168 Å². The third-order valence-corrected chi connectivity index (χ3v) is 5.65. The van der Waals surface area contributed by atoms with Gasteiger partial charge in [0, 0.05) is 47.7 Å². The summed E-state index contributed by atoms with van der Waals surface area (Å²) < 4.78 is 2.12. The smallest absolute Gasteiger partial charge is 0.191 e. The van der Waals surface area contributed by atoms with Gasteiger partial charge in [0.2, 0.25) is 0 Å². The average Bonchev–Trinajstić information content (AvgIpc) is 3.04. The Hall–Kier alpha value is -1.69. The van der Waals surface area contributed by atoms with Crippen molar-refractivity contribution >= 4 is 40.7 Å². The maximum Gasteiger partial charge on any atom is 0.191 e. The zero-order valence-electron chi connectivity index (χ0n) is 14.9. The molecule has 0 aliphatic carbocycles. The number of nitrogens with zero attached hydrogens (tertiary/aromatic N) is 4. The number of benzene rings is 2. The summed E-state index contributed by atoms with van der Waals surface area (Å²) in [6, 6.07) is 13.9. The van der Waals surface area contributed by atoms with Crippen LogP contribution in [0.4, 0.5) is 5.69 Å². The predicted molar refractivity (Wildman–Crippen MR) is 111 cm³/mol. The molecule has 0 spiro atoms. The first-order chi connectivity index (χ1) is 12.5. The van der Waals surface area contributed by atoms with Gasteiger partial charge in [0.25, 0.3) is 0 Å². The molecule has 0 N–H and O–H groups in total. The van der Waals surface area contributed by atoms with Crippen LogP contribution in [0.1, 0.15) is 12.5 Å². The summed E-state index contributed by atoms with van der Waals surface area (Å²) in [4.78, 5) is 2.07. The largest absolute Gasteiger partial charge is 0.378 e. The molecule has 0 bridgehead atoms. The molecule has 1 heterocycles. The van der Waals surface area contributed by atoms with Crippen LogP contribution in [0.15, 0.2) is 47.6 Å². The van der Waals surface area contributed by atoms with E-state index in [2.05, 4.69) is 50.9 Å². The zero-order valence-corrected chi connectivity index (χ0v) is 17.2. The van der Waals surface area contributed by atoms with Crippen LogP contribution >= 0.6 is 35.0 Å². The number of anilines is 1. The van der Waals surface area contributed by atoms with E-state index in [0.717, 1.165) is 34.3 Å². The lowest BCUT2D eigenvalue weighted by Gasteiger charge is -2.13. The summed E-state index contributed by atoms with van der Waals surface area (Å²) in [7, 11) is 4.06. The molecule has 0 atom stereocenters. The highest BCUT2D eigenvalue weighted by Crippen LogP contribution is 2.30. The van der Waals surface area contributed by atoms with Crippen LogP contribution in [0.5, 0.6) is 0 Å². The fraction of sp³-hybridized carbons (Fsp3) is 0.263. The topological polar surface area (TPSA) is 34.0 Å². The molecule has 0 saturated heterocycles. The molecule has 0 fully saturated rings. The Morgan fingerprint density at radius 2 is 1.77 bits per heavy atom. The molecule has 0 radical (unpaired) electrons. The molecule has 0 aliphatic rings. The van der Waals surface area contributed by atoms with Crippen molar-refractivity contribution in [1.82, 2.24) is 14.8 Å². The number of aromatic nitrogens is 3. The Balaban J connectivity index is 1.81. The molecule has 1 aromatic heterocycles. The molecule has 0 aliphatic heterocycles. The van der Waals surface area contributed by atoms with Gasteiger partial charge in [0.15, 0.2) is 11.0 Å². The van der Waals surface area contributed by atoms with Crippen molar-refractivity contribution in [3.63, 3.8) is 0 Å². The summed E-state index contributed by atoms with van der Waals surface area (Å²) in [5, 5.41) is 11.0. The van der Waals surface area contributed by atoms with E-state index in [0.29, 0.717) is 15.8 Å². The SMILES string of the molecule is CCn1c(SCc2ccc(Cl)cc2Cl)nnc1-c1ccc(N(C)C)cc1. The van der Waals surface area contributed by atoms with E-state index < -0.39 is 0 Å². The third-order valence-electron chi connectivity index (χ3n) is 4.05. The average molecular weight is 407 g/mol. The lowest BCUT2D eigenvalue weighted by Crippen LogP contribution is -2.08. The van der Waals surface area contributed by atoms with E-state index in [1.54, 1.807) is 17.8 Å². The minimum absolute atomic E-state index is 0.643. The molecule has 0 saturated carbocycles. The van der Waals surface area contributed by atoms with Gasteiger partial charge in [-0.2, -0.15) is 0 Å². The van der Waals surface area contributed by atoms with Crippen molar-refractivity contribution in [3.8, 4) is 11.4 Å². The van der Waals surface area contributed by atoms with Gasteiger partial charge in [0.05, 0.1) is 0 Å². The van der Waals surface area contributed by atoms with Crippen molar-refractivity contribution in [1.29, 1.82) is 0 Å². The van der Waals surface area contributed by atoms with Gasteiger partial charge in [0.1, 0.15) is 0 Å². The van der Waals surface area contributed by atoms with Crippen molar-refractivity contribution < 1.29 is 0 Å². The second-order valence-corrected chi connectivity index (χ2v) is 7.80. The van der Waals surface area contributed by atoms with E-state index in [4.69, 9.17) is 23.2 Å². The van der Waals surface area contributed by atoms with Crippen LogP contribution in [-0.4, -0.2) is 28.9 Å². The highest BCUT2D eigenvalue weighted by atomic mass is 35.5. The van der Waals surface area contributed by atoms with Gasteiger partial charge < -0.3 is 9.47 Å². The van der Waals surface area contributed by atoms with E-state index >= 15 is 0 Å². The highest BCUT2D eigenvalue weighted by molar-refractivity contribution is 7.98. The molecule has 7 heteroatoms. The van der Waals surface area contributed by atoms with Crippen LogP contribution < -0.4 is 4.90 Å². The summed E-state index contributed by atoms with van der Waals surface area (Å²) >= 11 is 13.9. The normalized spacial score (nSPS) is 11.0. The van der Waals surface area contributed by atoms with E-state index in [9.17, 15) is 0 Å². The molecule has 2 aromatic carbocycles. The highest BCUT2D eigenvalue weighted by Gasteiger charge is 2.14. The maximum atomic E-state index is 6.27. The number of thioether (sulfide) groups is 1. The second kappa shape index (κ2) is 8.33. The Morgan fingerprint density at radius 3 is 2.38 bits per heavy atom. The van der Waals surface area contributed by atoms with Crippen LogP contribution in [0.2, 0.25) is 10.0 Å². The fourth-order valence-corrected chi connectivity index (χ4v) is 4.14. The van der Waals surface area contributed by atoms with Gasteiger partial charge in [-0.15, -0.1) is 10.2 Å². The van der Waals surface area contributed by atoms with Gasteiger partial charge >= 0.3 is 0 Å². The van der Waals surface area contributed by atoms with E-state index in [1.807, 2.05) is 26.2 Å². The lowest BCUT2D eigenvalue weighted by molar-refractivity contribution is 0.687. The fourth-order valence-electron chi connectivity index (χ4n) is 2.58. The molecule has 0 amide bonds. The summed E-state index contributed by atoms with van der Waals surface area (Å²) in [5.41, 5.74) is 3.24. The van der Waals surface area contributed by atoms with Crippen LogP contribution in [0.25, 0.3) is 11.4 Å². The molecule has 26 heavy (non-hydrogen) atoms. The lowest BCUT2D eigenvalue weighted by atomic mass is 10.2. The Bertz CT molecular complexity index is 891.